The van der Waals surface area contributed by atoms with Crippen molar-refractivity contribution < 1.29 is 9.90 Å². The van der Waals surface area contributed by atoms with Crippen molar-refractivity contribution in [3.63, 3.8) is 0 Å². The Labute approximate surface area is 124 Å². The minimum absolute atomic E-state index is 0.109. The zero-order valence-corrected chi connectivity index (χ0v) is 12.8. The Hall–Kier alpha value is -2.14. The van der Waals surface area contributed by atoms with Crippen LogP contribution in [0.5, 0.6) is 0 Å². The van der Waals surface area contributed by atoms with Crippen LogP contribution in [0, 0.1) is 0 Å². The van der Waals surface area contributed by atoms with Crippen LogP contribution in [-0.2, 0) is 0 Å². The molecule has 1 heterocycles. The minimum atomic E-state index is -0.635. The summed E-state index contributed by atoms with van der Waals surface area (Å²) in [5, 5.41) is 14.4. The maximum Gasteiger partial charge on any atom is 0.272 e. The Morgan fingerprint density at radius 3 is 2.67 bits per heavy atom. The van der Waals surface area contributed by atoms with E-state index in [1.54, 1.807) is 20.2 Å². The van der Waals surface area contributed by atoms with Crippen LogP contribution in [0.25, 0.3) is 10.8 Å². The van der Waals surface area contributed by atoms with Gasteiger partial charge < -0.3 is 15.3 Å². The van der Waals surface area contributed by atoms with Crippen molar-refractivity contribution in [1.29, 1.82) is 0 Å². The third-order valence-corrected chi connectivity index (χ3v) is 3.80. The minimum Gasteiger partial charge on any atom is -0.394 e. The summed E-state index contributed by atoms with van der Waals surface area (Å²) in [5.41, 5.74) is -0.272. The van der Waals surface area contributed by atoms with Crippen molar-refractivity contribution in [2.24, 2.45) is 0 Å². The van der Waals surface area contributed by atoms with Crippen LogP contribution in [0.3, 0.4) is 0 Å². The number of nitrogens with one attached hydrogen (secondary N) is 1. The molecule has 0 bridgehead atoms. The van der Waals surface area contributed by atoms with Crippen molar-refractivity contribution in [3.05, 3.63) is 36.0 Å². The molecule has 0 aliphatic heterocycles. The lowest BCUT2D eigenvalue weighted by atomic mass is 10.0. The van der Waals surface area contributed by atoms with Gasteiger partial charge in [0.25, 0.3) is 5.91 Å². The Morgan fingerprint density at radius 2 is 2.05 bits per heavy atom. The van der Waals surface area contributed by atoms with E-state index in [9.17, 15) is 9.90 Å². The second kappa shape index (κ2) is 5.69. The van der Waals surface area contributed by atoms with Gasteiger partial charge in [-0.15, -0.1) is 0 Å². The number of aromatic nitrogens is 1. The van der Waals surface area contributed by atoms with Crippen LogP contribution in [-0.4, -0.2) is 47.1 Å². The molecule has 2 N–H and O–H groups in total. The largest absolute Gasteiger partial charge is 0.394 e. The van der Waals surface area contributed by atoms with E-state index >= 15 is 0 Å². The highest BCUT2D eigenvalue weighted by Gasteiger charge is 2.28. The van der Waals surface area contributed by atoms with E-state index in [-0.39, 0.29) is 12.5 Å². The molecule has 1 amide bonds. The molecule has 0 radical (unpaired) electrons. The molecule has 0 atom stereocenters. The fourth-order valence-corrected chi connectivity index (χ4v) is 2.05. The molecule has 0 unspecified atom stereocenters. The highest BCUT2D eigenvalue weighted by atomic mass is 16.3. The highest BCUT2D eigenvalue weighted by molar-refractivity contribution is 6.00. The van der Waals surface area contributed by atoms with Gasteiger partial charge in [0.05, 0.1) is 12.1 Å². The smallest absolute Gasteiger partial charge is 0.272 e. The molecule has 5 heteroatoms. The standard InChI is InChI=1S/C16H21N3O2/c1-16(2,10-20)19(4)15(21)13-9-11-7-5-6-8-12(11)14(17-3)18-13/h5-9,20H,10H2,1-4H3,(H,17,18). The lowest BCUT2D eigenvalue weighted by molar-refractivity contribution is 0.0468. The third kappa shape index (κ3) is 2.83. The summed E-state index contributed by atoms with van der Waals surface area (Å²) >= 11 is 0. The molecule has 0 fully saturated rings. The van der Waals surface area contributed by atoms with Gasteiger partial charge in [0.1, 0.15) is 11.5 Å². The molecule has 0 aliphatic rings. The van der Waals surface area contributed by atoms with Crippen LogP contribution in [0.2, 0.25) is 0 Å². The Morgan fingerprint density at radius 1 is 1.38 bits per heavy atom. The summed E-state index contributed by atoms with van der Waals surface area (Å²) in [6.45, 7) is 3.51. The normalized spacial score (nSPS) is 11.5. The Bertz CT molecular complexity index is 668. The fraction of sp³-hybridized carbons (Fsp3) is 0.375. The van der Waals surface area contributed by atoms with Gasteiger partial charge in [0.15, 0.2) is 0 Å². The number of pyridine rings is 1. The number of rotatable bonds is 4. The molecular weight excluding hydrogens is 266 g/mol. The maximum atomic E-state index is 12.6. The summed E-state index contributed by atoms with van der Waals surface area (Å²) in [6, 6.07) is 9.56. The zero-order chi connectivity index (χ0) is 15.6. The van der Waals surface area contributed by atoms with E-state index in [0.29, 0.717) is 11.5 Å². The second-order valence-electron chi connectivity index (χ2n) is 5.66. The first-order chi connectivity index (χ1) is 9.90. The van der Waals surface area contributed by atoms with Gasteiger partial charge in [-0.25, -0.2) is 4.98 Å². The summed E-state index contributed by atoms with van der Waals surface area (Å²) in [4.78, 5) is 18.5. The second-order valence-corrected chi connectivity index (χ2v) is 5.66. The van der Waals surface area contributed by atoms with Crippen LogP contribution < -0.4 is 5.32 Å². The molecule has 5 nitrogen and oxygen atoms in total. The summed E-state index contributed by atoms with van der Waals surface area (Å²) in [6.07, 6.45) is 0. The molecule has 2 aromatic rings. The number of benzene rings is 1. The molecule has 0 saturated carbocycles. The van der Waals surface area contributed by atoms with E-state index in [4.69, 9.17) is 0 Å². The Kier molecular flexibility index (Phi) is 4.14. The quantitative estimate of drug-likeness (QED) is 0.904. The summed E-state index contributed by atoms with van der Waals surface area (Å²) < 4.78 is 0. The Balaban J connectivity index is 2.49. The van der Waals surface area contributed by atoms with Crippen molar-refractivity contribution in [1.82, 2.24) is 9.88 Å². The lowest BCUT2D eigenvalue weighted by Crippen LogP contribution is -2.47. The number of aliphatic hydroxyl groups is 1. The first-order valence-electron chi connectivity index (χ1n) is 6.87. The molecule has 0 spiro atoms. The maximum absolute atomic E-state index is 12.6. The van der Waals surface area contributed by atoms with E-state index in [1.165, 1.54) is 4.90 Å². The summed E-state index contributed by atoms with van der Waals surface area (Å²) in [7, 11) is 3.46. The van der Waals surface area contributed by atoms with Gasteiger partial charge >= 0.3 is 0 Å². The molecule has 0 aliphatic carbocycles. The van der Waals surface area contributed by atoms with Gasteiger partial charge in [-0.05, 0) is 25.3 Å². The number of anilines is 1. The highest BCUT2D eigenvalue weighted by Crippen LogP contribution is 2.24. The van der Waals surface area contributed by atoms with Crippen molar-refractivity contribution >= 4 is 22.5 Å². The predicted molar refractivity (Wildman–Crippen MR) is 84.5 cm³/mol. The number of carbonyl (C=O) groups is 1. The lowest BCUT2D eigenvalue weighted by Gasteiger charge is -2.33. The molecule has 1 aromatic carbocycles. The van der Waals surface area contributed by atoms with Gasteiger partial charge in [-0.2, -0.15) is 0 Å². The molecule has 1 aromatic heterocycles. The number of amides is 1. The van der Waals surface area contributed by atoms with Crippen molar-refractivity contribution in [2.75, 3.05) is 26.0 Å². The van der Waals surface area contributed by atoms with Crippen molar-refractivity contribution in [2.45, 2.75) is 19.4 Å². The number of carbonyl (C=O) groups excluding carboxylic acids is 1. The number of likely N-dealkylation sites (N-methyl/N-ethyl adjacent to an activating group) is 1. The van der Waals surface area contributed by atoms with Gasteiger partial charge in [0, 0.05) is 19.5 Å². The number of fused-ring (bicyclic) bond motifs is 1. The molecule has 0 saturated heterocycles. The van der Waals surface area contributed by atoms with Crippen LogP contribution in [0.1, 0.15) is 24.3 Å². The number of aliphatic hydroxyl groups excluding tert-OH is 1. The number of hydrogen-bond acceptors (Lipinski definition) is 4. The number of hydrogen-bond donors (Lipinski definition) is 2. The molecule has 21 heavy (non-hydrogen) atoms. The van der Waals surface area contributed by atoms with Crippen LogP contribution >= 0.6 is 0 Å². The van der Waals surface area contributed by atoms with Crippen LogP contribution in [0.15, 0.2) is 30.3 Å². The summed E-state index contributed by atoms with van der Waals surface area (Å²) in [5.74, 6) is 0.461. The van der Waals surface area contributed by atoms with Crippen molar-refractivity contribution in [3.8, 4) is 0 Å². The monoisotopic (exact) mass is 287 g/mol. The van der Waals surface area contributed by atoms with E-state index in [1.807, 2.05) is 38.1 Å². The predicted octanol–water partition coefficient (Wildman–Crippen LogP) is 2.12. The van der Waals surface area contributed by atoms with E-state index < -0.39 is 5.54 Å². The van der Waals surface area contributed by atoms with Gasteiger partial charge in [-0.3, -0.25) is 4.79 Å². The first-order valence-corrected chi connectivity index (χ1v) is 6.87. The average Bonchev–Trinajstić information content (AvgIpc) is 2.52. The van der Waals surface area contributed by atoms with E-state index in [2.05, 4.69) is 10.3 Å². The number of nitrogens with zero attached hydrogens (tertiary/aromatic N) is 2. The van der Waals surface area contributed by atoms with E-state index in [0.717, 1.165) is 10.8 Å². The van der Waals surface area contributed by atoms with Crippen LogP contribution in [0.4, 0.5) is 5.82 Å². The topological polar surface area (TPSA) is 65.5 Å². The first kappa shape index (κ1) is 15.3. The van der Waals surface area contributed by atoms with Gasteiger partial charge in [0.2, 0.25) is 0 Å². The molecule has 112 valence electrons. The molecule has 2 rings (SSSR count). The molecular formula is C16H21N3O2. The third-order valence-electron chi connectivity index (χ3n) is 3.80. The average molecular weight is 287 g/mol. The fourth-order valence-electron chi connectivity index (χ4n) is 2.05. The SMILES string of the molecule is CNc1nc(C(=O)N(C)C(C)(C)CO)cc2ccccc12. The zero-order valence-electron chi connectivity index (χ0n) is 12.8. The van der Waals surface area contributed by atoms with Gasteiger partial charge in [-0.1, -0.05) is 24.3 Å².